The third kappa shape index (κ3) is 7.82. The molecule has 2 aromatic carbocycles. The molecule has 2 saturated heterocycles. The summed E-state index contributed by atoms with van der Waals surface area (Å²) in [7, 11) is -3.96. The van der Waals surface area contributed by atoms with Crippen molar-refractivity contribution in [3.8, 4) is 0 Å². The molecule has 13 heteroatoms. The average molecular weight is 629 g/mol. The van der Waals surface area contributed by atoms with E-state index in [0.29, 0.717) is 24.9 Å². The van der Waals surface area contributed by atoms with E-state index in [9.17, 15) is 32.7 Å². The molecule has 3 amide bonds. The van der Waals surface area contributed by atoms with Crippen LogP contribution in [0.3, 0.4) is 0 Å². The smallest absolute Gasteiger partial charge is 0.421 e. The van der Waals surface area contributed by atoms with Crippen molar-refractivity contribution in [3.63, 3.8) is 0 Å². The lowest BCUT2D eigenvalue weighted by Gasteiger charge is -2.28. The molecular formula is C31H40N4O8S. The second-order valence-electron chi connectivity index (χ2n) is 12.2. The Kier molecular flexibility index (Phi) is 10.1. The summed E-state index contributed by atoms with van der Waals surface area (Å²) in [6, 6.07) is 9.63. The second-order valence-corrected chi connectivity index (χ2v) is 14.1. The van der Waals surface area contributed by atoms with Gasteiger partial charge in [-0.1, -0.05) is 29.8 Å². The molecule has 12 nitrogen and oxygen atoms in total. The summed E-state index contributed by atoms with van der Waals surface area (Å²) in [5, 5.41) is 15.5. The molecule has 2 aromatic rings. The number of rotatable bonds is 9. The number of ether oxygens (including phenoxy) is 1. The number of aliphatic carboxylic acids is 1. The highest BCUT2D eigenvalue weighted by molar-refractivity contribution is 7.89. The molecule has 2 aliphatic heterocycles. The lowest BCUT2D eigenvalue weighted by molar-refractivity contribution is -0.142. The SMILES string of the molecule is Cc1ccc(S(=O)(=O)N2CCC[C@H]2C(=O)N[C@@H](Cc2ccc(N(C(=O)OC(C)(C)C)C(=O)C3CCCN3)cc2)C(=O)O)cc1. The molecule has 2 aliphatic rings. The normalized spacial score (nSPS) is 19.7. The van der Waals surface area contributed by atoms with Crippen LogP contribution >= 0.6 is 0 Å². The number of carboxylic acids is 1. The Bertz CT molecular complexity index is 1480. The highest BCUT2D eigenvalue weighted by atomic mass is 32.2. The number of aryl methyl sites for hydroxylation is 1. The summed E-state index contributed by atoms with van der Waals surface area (Å²) >= 11 is 0. The topological polar surface area (TPSA) is 162 Å². The van der Waals surface area contributed by atoms with Gasteiger partial charge in [-0.05, 0) is 89.8 Å². The van der Waals surface area contributed by atoms with E-state index >= 15 is 0 Å². The van der Waals surface area contributed by atoms with Gasteiger partial charge in [-0.15, -0.1) is 0 Å². The van der Waals surface area contributed by atoms with Gasteiger partial charge in [-0.2, -0.15) is 4.31 Å². The first kappa shape index (κ1) is 33.1. The van der Waals surface area contributed by atoms with Gasteiger partial charge in [0.2, 0.25) is 15.9 Å². The predicted molar refractivity (Wildman–Crippen MR) is 163 cm³/mol. The zero-order chi connectivity index (χ0) is 32.2. The van der Waals surface area contributed by atoms with E-state index in [-0.39, 0.29) is 30.0 Å². The summed E-state index contributed by atoms with van der Waals surface area (Å²) in [6.07, 6.45) is 1.19. The molecule has 0 aromatic heterocycles. The lowest BCUT2D eigenvalue weighted by atomic mass is 10.0. The van der Waals surface area contributed by atoms with Gasteiger partial charge >= 0.3 is 12.1 Å². The summed E-state index contributed by atoms with van der Waals surface area (Å²) in [4.78, 5) is 52.8. The lowest BCUT2D eigenvalue weighted by Crippen LogP contribution is -2.51. The van der Waals surface area contributed by atoms with Crippen molar-refractivity contribution < 1.29 is 37.4 Å². The maximum Gasteiger partial charge on any atom is 0.421 e. The van der Waals surface area contributed by atoms with E-state index in [4.69, 9.17) is 4.74 Å². The Hall–Kier alpha value is -3.81. The molecule has 3 N–H and O–H groups in total. The van der Waals surface area contributed by atoms with Gasteiger partial charge in [-0.25, -0.2) is 22.9 Å². The molecule has 4 rings (SSSR count). The van der Waals surface area contributed by atoms with Crippen LogP contribution in [0.1, 0.15) is 57.6 Å². The number of imide groups is 1. The summed E-state index contributed by atoms with van der Waals surface area (Å²) in [6.45, 7) is 7.76. The fourth-order valence-electron chi connectivity index (χ4n) is 5.30. The number of carboxylic acid groups (broad SMARTS) is 1. The van der Waals surface area contributed by atoms with Gasteiger partial charge in [0.15, 0.2) is 0 Å². The minimum absolute atomic E-state index is 0.0697. The quantitative estimate of drug-likeness (QED) is 0.379. The van der Waals surface area contributed by atoms with Crippen molar-refractivity contribution >= 4 is 39.6 Å². The van der Waals surface area contributed by atoms with E-state index in [1.807, 2.05) is 6.92 Å². The largest absolute Gasteiger partial charge is 0.480 e. The zero-order valence-electron chi connectivity index (χ0n) is 25.4. The molecular weight excluding hydrogens is 588 g/mol. The molecule has 0 saturated carbocycles. The third-order valence-corrected chi connectivity index (χ3v) is 9.46. The Labute approximate surface area is 257 Å². The first-order valence-electron chi connectivity index (χ1n) is 14.7. The number of carbonyl (C=O) groups is 4. The van der Waals surface area contributed by atoms with E-state index < -0.39 is 57.6 Å². The second kappa shape index (κ2) is 13.4. The van der Waals surface area contributed by atoms with Crippen LogP contribution in [0.25, 0.3) is 0 Å². The van der Waals surface area contributed by atoms with Gasteiger partial charge in [-0.3, -0.25) is 9.59 Å². The number of benzene rings is 2. The van der Waals surface area contributed by atoms with Gasteiger partial charge < -0.3 is 20.5 Å². The number of hydrogen-bond acceptors (Lipinski definition) is 8. The molecule has 0 aliphatic carbocycles. The van der Waals surface area contributed by atoms with Crippen LogP contribution in [0.2, 0.25) is 0 Å². The average Bonchev–Trinajstić information content (AvgIpc) is 3.66. The first-order valence-corrected chi connectivity index (χ1v) is 16.1. The van der Waals surface area contributed by atoms with Crippen molar-refractivity contribution in [3.05, 3.63) is 59.7 Å². The van der Waals surface area contributed by atoms with Crippen LogP contribution in [-0.2, 0) is 35.6 Å². The third-order valence-electron chi connectivity index (χ3n) is 7.54. The van der Waals surface area contributed by atoms with E-state index in [0.717, 1.165) is 21.2 Å². The molecule has 0 radical (unpaired) electrons. The molecule has 2 fully saturated rings. The summed E-state index contributed by atoms with van der Waals surface area (Å²) < 4.78 is 33.2. The number of anilines is 1. The van der Waals surface area contributed by atoms with Crippen LogP contribution in [0.15, 0.2) is 53.4 Å². The van der Waals surface area contributed by atoms with Gasteiger partial charge in [0.1, 0.15) is 17.7 Å². The van der Waals surface area contributed by atoms with Crippen LogP contribution in [-0.4, -0.2) is 78.5 Å². The Balaban J connectivity index is 1.48. The van der Waals surface area contributed by atoms with Crippen LogP contribution in [0.5, 0.6) is 0 Å². The Morgan fingerprint density at radius 2 is 1.70 bits per heavy atom. The van der Waals surface area contributed by atoms with Gasteiger partial charge in [0, 0.05) is 13.0 Å². The van der Waals surface area contributed by atoms with Crippen LogP contribution in [0, 0.1) is 6.92 Å². The fourth-order valence-corrected chi connectivity index (χ4v) is 6.96. The van der Waals surface area contributed by atoms with E-state index in [1.54, 1.807) is 45.0 Å². The fraction of sp³-hybridized carbons (Fsp3) is 0.484. The van der Waals surface area contributed by atoms with E-state index in [2.05, 4.69) is 10.6 Å². The number of amides is 3. The number of hydrogen-bond donors (Lipinski definition) is 3. The maximum absolute atomic E-state index is 13.3. The summed E-state index contributed by atoms with van der Waals surface area (Å²) in [5.41, 5.74) is 0.847. The van der Waals surface area contributed by atoms with Crippen molar-refractivity contribution in [2.24, 2.45) is 0 Å². The summed E-state index contributed by atoms with van der Waals surface area (Å²) in [5.74, 6) is -2.42. The number of nitrogens with zero attached hydrogens (tertiary/aromatic N) is 2. The minimum Gasteiger partial charge on any atom is -0.480 e. The number of nitrogens with one attached hydrogen (secondary N) is 2. The molecule has 3 atom stereocenters. The van der Waals surface area contributed by atoms with Crippen LogP contribution in [0.4, 0.5) is 10.5 Å². The first-order chi connectivity index (χ1) is 20.7. The highest BCUT2D eigenvalue weighted by Gasteiger charge is 2.40. The minimum atomic E-state index is -3.96. The van der Waals surface area contributed by atoms with E-state index in [1.165, 1.54) is 24.3 Å². The van der Waals surface area contributed by atoms with Crippen molar-refractivity contribution in [1.29, 1.82) is 0 Å². The van der Waals surface area contributed by atoms with Crippen LogP contribution < -0.4 is 15.5 Å². The molecule has 1 unspecified atom stereocenters. The predicted octanol–water partition coefficient (Wildman–Crippen LogP) is 2.98. The molecule has 2 heterocycles. The van der Waals surface area contributed by atoms with Crippen molar-refractivity contribution in [2.45, 2.75) is 88.4 Å². The van der Waals surface area contributed by atoms with Gasteiger partial charge in [0.05, 0.1) is 16.6 Å². The van der Waals surface area contributed by atoms with Crippen molar-refractivity contribution in [1.82, 2.24) is 14.9 Å². The number of sulfonamides is 1. The highest BCUT2D eigenvalue weighted by Crippen LogP contribution is 2.27. The molecule has 0 spiro atoms. The van der Waals surface area contributed by atoms with Crippen molar-refractivity contribution in [2.75, 3.05) is 18.0 Å². The standard InChI is InChI=1S/C31H40N4O8S/c1-20-9-15-23(16-10-20)44(41,42)34-18-6-8-26(34)27(36)33-25(29(38)39)19-21-11-13-22(14-12-21)35(30(40)43-31(2,3)4)28(37)24-7-5-17-32-24/h9-16,24-26,32H,5-8,17-19H2,1-4H3,(H,33,36)(H,38,39)/t24?,25-,26-/m0/s1. The Morgan fingerprint density at radius 1 is 1.05 bits per heavy atom. The maximum atomic E-state index is 13.3. The van der Waals surface area contributed by atoms with Gasteiger partial charge in [0.25, 0.3) is 5.91 Å². The molecule has 0 bridgehead atoms. The number of carbonyl (C=O) groups excluding carboxylic acids is 3. The zero-order valence-corrected chi connectivity index (χ0v) is 26.2. The monoisotopic (exact) mass is 628 g/mol. The Morgan fingerprint density at radius 3 is 2.27 bits per heavy atom. The molecule has 238 valence electrons. The molecule has 44 heavy (non-hydrogen) atoms.